The molecule has 0 saturated carbocycles. The average molecular weight is 397 g/mol. The fourth-order valence-electron chi connectivity index (χ4n) is 3.25. The molecular formula is C24H44O4. The van der Waals surface area contributed by atoms with Crippen LogP contribution in [0.4, 0.5) is 0 Å². The molecule has 0 aromatic carbocycles. The van der Waals surface area contributed by atoms with E-state index in [2.05, 4.69) is 26.0 Å². The monoisotopic (exact) mass is 396 g/mol. The van der Waals surface area contributed by atoms with Crippen LogP contribution in [0.2, 0.25) is 0 Å². The Bertz CT molecular complexity index is 403. The number of carbonyl (C=O) groups is 2. The van der Waals surface area contributed by atoms with Crippen LogP contribution in [0, 0.1) is 0 Å². The molecule has 0 fully saturated rings. The van der Waals surface area contributed by atoms with Gasteiger partial charge in [0.15, 0.2) is 0 Å². The van der Waals surface area contributed by atoms with Crippen molar-refractivity contribution in [1.82, 2.24) is 0 Å². The number of rotatable bonds is 20. The van der Waals surface area contributed by atoms with Gasteiger partial charge in [0.05, 0.1) is 6.42 Å². The van der Waals surface area contributed by atoms with Gasteiger partial charge in [-0.25, -0.2) is 0 Å². The van der Waals surface area contributed by atoms with Crippen LogP contribution >= 0.6 is 0 Å². The molecule has 0 aromatic rings. The Balaban J connectivity index is 3.69. The Labute approximate surface area is 173 Å². The molecule has 0 aliphatic heterocycles. The second-order valence-electron chi connectivity index (χ2n) is 7.83. The minimum Gasteiger partial charge on any atom is -0.481 e. The van der Waals surface area contributed by atoms with Crippen molar-refractivity contribution in [3.05, 3.63) is 12.2 Å². The largest absolute Gasteiger partial charge is 0.481 e. The van der Waals surface area contributed by atoms with Gasteiger partial charge in [-0.1, -0.05) is 77.4 Å². The van der Waals surface area contributed by atoms with Gasteiger partial charge in [-0.2, -0.15) is 0 Å². The van der Waals surface area contributed by atoms with Gasteiger partial charge in [-0.05, 0) is 44.9 Å². The fraction of sp³-hybridized carbons (Fsp3) is 0.833. The maximum Gasteiger partial charge on any atom is 0.307 e. The lowest BCUT2D eigenvalue weighted by Crippen LogP contribution is -2.21. The van der Waals surface area contributed by atoms with Crippen LogP contribution in [0.25, 0.3) is 0 Å². The van der Waals surface area contributed by atoms with Crippen molar-refractivity contribution >= 4 is 11.9 Å². The van der Waals surface area contributed by atoms with Crippen molar-refractivity contribution in [3.8, 4) is 0 Å². The fourth-order valence-corrected chi connectivity index (χ4v) is 3.25. The first kappa shape index (κ1) is 26.7. The zero-order valence-corrected chi connectivity index (χ0v) is 18.4. The lowest BCUT2D eigenvalue weighted by molar-refractivity contribution is -0.153. The number of carboxylic acid groups (broad SMARTS) is 1. The van der Waals surface area contributed by atoms with Gasteiger partial charge >= 0.3 is 11.9 Å². The molecule has 0 amide bonds. The van der Waals surface area contributed by atoms with Gasteiger partial charge in [0.25, 0.3) is 0 Å². The first-order chi connectivity index (χ1) is 13.6. The standard InChI is InChI=1S/C24H44O4/c1-3-5-7-9-10-11-12-13-14-15-16-18-20-24(27)28-22(21-23(25)26)19-17-8-6-4-2/h10-11,22H,3-9,12-21H2,1-2H3,(H,25,26)/b11-10-. The molecule has 0 bridgehead atoms. The third-order valence-electron chi connectivity index (χ3n) is 4.97. The first-order valence-electron chi connectivity index (χ1n) is 11.7. The Hall–Kier alpha value is -1.32. The predicted octanol–water partition coefficient (Wildman–Crippen LogP) is 7.21. The quantitative estimate of drug-likeness (QED) is 0.134. The van der Waals surface area contributed by atoms with Gasteiger partial charge < -0.3 is 9.84 Å². The Morgan fingerprint density at radius 2 is 1.32 bits per heavy atom. The molecule has 4 heteroatoms. The number of carbonyl (C=O) groups excluding carboxylic acids is 1. The van der Waals surface area contributed by atoms with Gasteiger partial charge in [-0.3, -0.25) is 9.59 Å². The molecule has 1 unspecified atom stereocenters. The number of unbranched alkanes of at least 4 members (excludes halogenated alkanes) is 11. The van der Waals surface area contributed by atoms with Gasteiger partial charge in [-0.15, -0.1) is 0 Å². The summed E-state index contributed by atoms with van der Waals surface area (Å²) in [6, 6.07) is 0. The number of esters is 1. The molecule has 28 heavy (non-hydrogen) atoms. The zero-order valence-electron chi connectivity index (χ0n) is 18.4. The van der Waals surface area contributed by atoms with E-state index in [9.17, 15) is 9.59 Å². The van der Waals surface area contributed by atoms with Gasteiger partial charge in [0, 0.05) is 6.42 Å². The summed E-state index contributed by atoms with van der Waals surface area (Å²) in [4.78, 5) is 22.9. The third-order valence-corrected chi connectivity index (χ3v) is 4.97. The highest BCUT2D eigenvalue weighted by Gasteiger charge is 2.17. The minimum absolute atomic E-state index is 0.0795. The van der Waals surface area contributed by atoms with E-state index in [1.54, 1.807) is 0 Å². The van der Waals surface area contributed by atoms with Gasteiger partial charge in [0.1, 0.15) is 6.10 Å². The number of hydrogen-bond acceptors (Lipinski definition) is 3. The summed E-state index contributed by atoms with van der Waals surface area (Å²) in [6.07, 6.45) is 21.1. The predicted molar refractivity (Wildman–Crippen MR) is 116 cm³/mol. The van der Waals surface area contributed by atoms with E-state index in [0.717, 1.165) is 51.4 Å². The van der Waals surface area contributed by atoms with Crippen molar-refractivity contribution in [1.29, 1.82) is 0 Å². The maximum absolute atomic E-state index is 12.0. The van der Waals surface area contributed by atoms with Crippen LogP contribution in [0.1, 0.15) is 123 Å². The molecule has 0 aliphatic carbocycles. The van der Waals surface area contributed by atoms with Crippen LogP contribution in [0.15, 0.2) is 12.2 Å². The first-order valence-corrected chi connectivity index (χ1v) is 11.7. The molecule has 1 N–H and O–H groups in total. The number of allylic oxidation sites excluding steroid dienone is 2. The Morgan fingerprint density at radius 3 is 1.96 bits per heavy atom. The molecule has 0 aliphatic rings. The molecule has 1 atom stereocenters. The molecular weight excluding hydrogens is 352 g/mol. The summed E-state index contributed by atoms with van der Waals surface area (Å²) in [6.45, 7) is 4.37. The van der Waals surface area contributed by atoms with Crippen molar-refractivity contribution < 1.29 is 19.4 Å². The lowest BCUT2D eigenvalue weighted by Gasteiger charge is -2.16. The van der Waals surface area contributed by atoms with E-state index in [-0.39, 0.29) is 12.4 Å². The van der Waals surface area contributed by atoms with Crippen molar-refractivity contribution in [2.24, 2.45) is 0 Å². The van der Waals surface area contributed by atoms with Gasteiger partial charge in [0.2, 0.25) is 0 Å². The van der Waals surface area contributed by atoms with Crippen LogP contribution in [-0.2, 0) is 14.3 Å². The molecule has 0 spiro atoms. The highest BCUT2D eigenvalue weighted by Crippen LogP contribution is 2.14. The van der Waals surface area contributed by atoms with Crippen molar-refractivity contribution in [3.63, 3.8) is 0 Å². The molecule has 164 valence electrons. The lowest BCUT2D eigenvalue weighted by atomic mass is 10.1. The van der Waals surface area contributed by atoms with E-state index >= 15 is 0 Å². The highest BCUT2D eigenvalue weighted by molar-refractivity contribution is 5.71. The molecule has 0 rings (SSSR count). The van der Waals surface area contributed by atoms with Crippen LogP contribution < -0.4 is 0 Å². The average Bonchev–Trinajstić information content (AvgIpc) is 2.65. The molecule has 0 radical (unpaired) electrons. The topological polar surface area (TPSA) is 63.6 Å². The zero-order chi connectivity index (χ0) is 20.9. The second kappa shape index (κ2) is 20.4. The van der Waals surface area contributed by atoms with Crippen LogP contribution in [0.3, 0.4) is 0 Å². The van der Waals surface area contributed by atoms with E-state index < -0.39 is 12.1 Å². The summed E-state index contributed by atoms with van der Waals surface area (Å²) in [7, 11) is 0. The second-order valence-corrected chi connectivity index (χ2v) is 7.83. The number of ether oxygens (including phenoxy) is 1. The van der Waals surface area contributed by atoms with Crippen molar-refractivity contribution in [2.75, 3.05) is 0 Å². The van der Waals surface area contributed by atoms with E-state index in [1.165, 1.54) is 38.5 Å². The molecule has 0 aromatic heterocycles. The smallest absolute Gasteiger partial charge is 0.307 e. The Kier molecular flexibility index (Phi) is 19.5. The van der Waals surface area contributed by atoms with Crippen LogP contribution in [0.5, 0.6) is 0 Å². The normalized spacial score (nSPS) is 12.4. The summed E-state index contributed by atoms with van der Waals surface area (Å²) in [5.41, 5.74) is 0. The summed E-state index contributed by atoms with van der Waals surface area (Å²) in [5.74, 6) is -1.13. The van der Waals surface area contributed by atoms with Crippen molar-refractivity contribution in [2.45, 2.75) is 129 Å². The molecule has 4 nitrogen and oxygen atoms in total. The maximum atomic E-state index is 12.0. The van der Waals surface area contributed by atoms with Crippen LogP contribution in [-0.4, -0.2) is 23.1 Å². The number of hydrogen-bond donors (Lipinski definition) is 1. The Morgan fingerprint density at radius 1 is 0.786 bits per heavy atom. The third kappa shape index (κ3) is 19.4. The number of carboxylic acids is 1. The van der Waals surface area contributed by atoms with E-state index in [1.807, 2.05) is 0 Å². The minimum atomic E-state index is -0.896. The summed E-state index contributed by atoms with van der Waals surface area (Å²) >= 11 is 0. The SMILES string of the molecule is CCCCC/C=C\CCCCCCCC(=O)OC(CCCCCC)CC(=O)O. The summed E-state index contributed by atoms with van der Waals surface area (Å²) < 4.78 is 5.41. The highest BCUT2D eigenvalue weighted by atomic mass is 16.5. The molecule has 0 heterocycles. The number of aliphatic carboxylic acids is 1. The molecule has 0 saturated heterocycles. The van der Waals surface area contributed by atoms with E-state index in [4.69, 9.17) is 9.84 Å². The summed E-state index contributed by atoms with van der Waals surface area (Å²) in [5, 5.41) is 8.99. The van der Waals surface area contributed by atoms with E-state index in [0.29, 0.717) is 12.8 Å².